The molecule has 0 bridgehead atoms. The monoisotopic (exact) mass is 307 g/mol. The number of amides is 2. The quantitative estimate of drug-likeness (QED) is 0.898. The molecule has 0 aromatic heterocycles. The summed E-state index contributed by atoms with van der Waals surface area (Å²) < 4.78 is 37.8. The largest absolute Gasteiger partial charge is 0.416 e. The van der Waals surface area contributed by atoms with Crippen LogP contribution in [0.4, 0.5) is 23.7 Å². The van der Waals surface area contributed by atoms with Gasteiger partial charge >= 0.3 is 12.2 Å². The number of benzene rings is 1. The molecule has 1 saturated heterocycles. The third kappa shape index (κ3) is 3.47. The summed E-state index contributed by atoms with van der Waals surface area (Å²) in [6, 6.07) is 2.94. The molecule has 0 aliphatic carbocycles. The number of halogens is 4. The van der Waals surface area contributed by atoms with Crippen molar-refractivity contribution in [3.05, 3.63) is 28.8 Å². The second kappa shape index (κ2) is 5.78. The molecule has 1 aromatic carbocycles. The van der Waals surface area contributed by atoms with Gasteiger partial charge in [-0.15, -0.1) is 0 Å². The molecule has 2 rings (SSSR count). The lowest BCUT2D eigenvalue weighted by molar-refractivity contribution is -0.137. The molecule has 1 fully saturated rings. The van der Waals surface area contributed by atoms with E-state index in [0.717, 1.165) is 12.1 Å². The number of anilines is 1. The van der Waals surface area contributed by atoms with Gasteiger partial charge in [0.2, 0.25) is 0 Å². The molecule has 1 aliphatic rings. The maximum atomic E-state index is 12.6. The van der Waals surface area contributed by atoms with E-state index in [1.807, 2.05) is 0 Å². The van der Waals surface area contributed by atoms with Gasteiger partial charge in [-0.25, -0.2) is 4.79 Å². The average molecular weight is 308 g/mol. The number of carbonyl (C=O) groups excluding carboxylic acids is 1. The van der Waals surface area contributed by atoms with Gasteiger partial charge in [0.05, 0.1) is 16.3 Å². The van der Waals surface area contributed by atoms with Crippen molar-refractivity contribution in [2.45, 2.75) is 6.18 Å². The summed E-state index contributed by atoms with van der Waals surface area (Å²) >= 11 is 5.85. The van der Waals surface area contributed by atoms with Crippen LogP contribution in [0.2, 0.25) is 5.02 Å². The molecule has 2 N–H and O–H groups in total. The second-order valence-electron chi connectivity index (χ2n) is 4.34. The van der Waals surface area contributed by atoms with Crippen LogP contribution < -0.4 is 10.6 Å². The Bertz CT molecular complexity index is 507. The Balaban J connectivity index is 1.96. The molecule has 1 aliphatic heterocycles. The van der Waals surface area contributed by atoms with Gasteiger partial charge in [-0.05, 0) is 18.2 Å². The number of nitrogens with one attached hydrogen (secondary N) is 2. The van der Waals surface area contributed by atoms with Gasteiger partial charge in [0.25, 0.3) is 0 Å². The fraction of sp³-hybridized carbons (Fsp3) is 0.417. The first-order valence-electron chi connectivity index (χ1n) is 6.01. The molecule has 1 aromatic rings. The van der Waals surface area contributed by atoms with Crippen molar-refractivity contribution in [3.63, 3.8) is 0 Å². The highest BCUT2D eigenvalue weighted by atomic mass is 35.5. The van der Waals surface area contributed by atoms with Crippen molar-refractivity contribution in [3.8, 4) is 0 Å². The van der Waals surface area contributed by atoms with Crippen molar-refractivity contribution in [2.75, 3.05) is 31.5 Å². The normalized spacial score (nSPS) is 15.4. The van der Waals surface area contributed by atoms with Crippen LogP contribution in [-0.4, -0.2) is 37.1 Å². The fourth-order valence-electron chi connectivity index (χ4n) is 1.89. The van der Waals surface area contributed by atoms with Gasteiger partial charge in [-0.1, -0.05) is 11.6 Å². The molecular weight excluding hydrogens is 295 g/mol. The molecule has 0 saturated carbocycles. The lowest BCUT2D eigenvalue weighted by Gasteiger charge is -2.16. The first-order valence-corrected chi connectivity index (χ1v) is 6.39. The highest BCUT2D eigenvalue weighted by Crippen LogP contribution is 2.33. The number of carbonyl (C=O) groups is 1. The van der Waals surface area contributed by atoms with Gasteiger partial charge < -0.3 is 15.5 Å². The summed E-state index contributed by atoms with van der Waals surface area (Å²) in [7, 11) is 0. The number of alkyl halides is 3. The molecule has 0 unspecified atom stereocenters. The number of hydrogen-bond acceptors (Lipinski definition) is 2. The third-order valence-electron chi connectivity index (χ3n) is 2.94. The standard InChI is InChI=1S/C12H13ClF3N3O/c13-9-2-1-8(12(14,15)16)7-10(9)17-3-5-19-6-4-18-11(19)20/h1-2,7,17H,3-6H2,(H,18,20). The lowest BCUT2D eigenvalue weighted by Crippen LogP contribution is -2.32. The van der Waals surface area contributed by atoms with Crippen molar-refractivity contribution >= 4 is 23.3 Å². The Morgan fingerprint density at radius 1 is 1.40 bits per heavy atom. The van der Waals surface area contributed by atoms with Gasteiger partial charge in [-0.3, -0.25) is 0 Å². The highest BCUT2D eigenvalue weighted by molar-refractivity contribution is 6.33. The zero-order valence-corrected chi connectivity index (χ0v) is 11.2. The van der Waals surface area contributed by atoms with Crippen LogP contribution in [0.5, 0.6) is 0 Å². The molecule has 1 heterocycles. The van der Waals surface area contributed by atoms with E-state index in [2.05, 4.69) is 10.6 Å². The van der Waals surface area contributed by atoms with Crippen molar-refractivity contribution < 1.29 is 18.0 Å². The van der Waals surface area contributed by atoms with Gasteiger partial charge in [0.15, 0.2) is 0 Å². The van der Waals surface area contributed by atoms with E-state index in [0.29, 0.717) is 26.2 Å². The van der Waals surface area contributed by atoms with E-state index in [4.69, 9.17) is 11.6 Å². The van der Waals surface area contributed by atoms with E-state index < -0.39 is 11.7 Å². The molecule has 2 amide bonds. The van der Waals surface area contributed by atoms with E-state index in [1.165, 1.54) is 6.07 Å². The molecule has 0 radical (unpaired) electrons. The van der Waals surface area contributed by atoms with Crippen LogP contribution in [0.3, 0.4) is 0 Å². The Labute approximate surface area is 118 Å². The second-order valence-corrected chi connectivity index (χ2v) is 4.75. The van der Waals surface area contributed by atoms with Crippen LogP contribution in [0.15, 0.2) is 18.2 Å². The first kappa shape index (κ1) is 14.8. The SMILES string of the molecule is O=C1NCCN1CCNc1cc(C(F)(F)F)ccc1Cl. The Morgan fingerprint density at radius 3 is 2.75 bits per heavy atom. The van der Waals surface area contributed by atoms with Crippen LogP contribution in [0, 0.1) is 0 Å². The topological polar surface area (TPSA) is 44.4 Å². The average Bonchev–Trinajstić information content (AvgIpc) is 2.76. The minimum Gasteiger partial charge on any atom is -0.382 e. The smallest absolute Gasteiger partial charge is 0.382 e. The Kier molecular flexibility index (Phi) is 4.27. The summed E-state index contributed by atoms with van der Waals surface area (Å²) in [6.07, 6.45) is -4.41. The summed E-state index contributed by atoms with van der Waals surface area (Å²) in [5.74, 6) is 0. The molecular formula is C12H13ClF3N3O. The maximum absolute atomic E-state index is 12.6. The number of hydrogen-bond donors (Lipinski definition) is 2. The first-order chi connectivity index (χ1) is 9.38. The van der Waals surface area contributed by atoms with Gasteiger partial charge in [0, 0.05) is 26.2 Å². The molecule has 0 spiro atoms. The van der Waals surface area contributed by atoms with Crippen molar-refractivity contribution in [1.29, 1.82) is 0 Å². The molecule has 20 heavy (non-hydrogen) atoms. The van der Waals surface area contributed by atoms with Crippen LogP contribution in [-0.2, 0) is 6.18 Å². The Morgan fingerprint density at radius 2 is 2.15 bits per heavy atom. The number of nitrogens with zero attached hydrogens (tertiary/aromatic N) is 1. The van der Waals surface area contributed by atoms with E-state index >= 15 is 0 Å². The fourth-order valence-corrected chi connectivity index (χ4v) is 2.07. The van der Waals surface area contributed by atoms with E-state index in [-0.39, 0.29) is 16.7 Å². The number of urea groups is 1. The number of rotatable bonds is 4. The predicted octanol–water partition coefficient (Wildman–Crippen LogP) is 2.80. The summed E-state index contributed by atoms with van der Waals surface area (Å²) in [4.78, 5) is 12.9. The van der Waals surface area contributed by atoms with Crippen LogP contribution in [0.1, 0.15) is 5.56 Å². The summed E-state index contributed by atoms with van der Waals surface area (Å²) in [5.41, 5.74) is -0.551. The van der Waals surface area contributed by atoms with Crippen molar-refractivity contribution in [1.82, 2.24) is 10.2 Å². The summed E-state index contributed by atoms with van der Waals surface area (Å²) in [5, 5.41) is 5.67. The van der Waals surface area contributed by atoms with E-state index in [9.17, 15) is 18.0 Å². The van der Waals surface area contributed by atoms with E-state index in [1.54, 1.807) is 4.90 Å². The third-order valence-corrected chi connectivity index (χ3v) is 3.27. The molecule has 0 atom stereocenters. The van der Waals surface area contributed by atoms with Crippen LogP contribution in [0.25, 0.3) is 0 Å². The maximum Gasteiger partial charge on any atom is 0.416 e. The molecule has 8 heteroatoms. The minimum absolute atomic E-state index is 0.165. The predicted molar refractivity (Wildman–Crippen MR) is 69.9 cm³/mol. The van der Waals surface area contributed by atoms with Gasteiger partial charge in [-0.2, -0.15) is 13.2 Å². The summed E-state index contributed by atoms with van der Waals surface area (Å²) in [6.45, 7) is 1.91. The van der Waals surface area contributed by atoms with Crippen LogP contribution >= 0.6 is 11.6 Å². The zero-order valence-electron chi connectivity index (χ0n) is 10.4. The molecule has 4 nitrogen and oxygen atoms in total. The minimum atomic E-state index is -4.41. The lowest BCUT2D eigenvalue weighted by atomic mass is 10.2. The Hall–Kier alpha value is -1.63. The van der Waals surface area contributed by atoms with Crippen molar-refractivity contribution in [2.24, 2.45) is 0 Å². The highest BCUT2D eigenvalue weighted by Gasteiger charge is 2.31. The molecule has 110 valence electrons. The zero-order chi connectivity index (χ0) is 14.8. The van der Waals surface area contributed by atoms with Gasteiger partial charge in [0.1, 0.15) is 0 Å².